The summed E-state index contributed by atoms with van der Waals surface area (Å²) in [6, 6.07) is 0. The molecule has 8 nitrogen and oxygen atoms in total. The Morgan fingerprint density at radius 2 is 1.63 bits per heavy atom. The fourth-order valence-electron chi connectivity index (χ4n) is 4.50. The van der Waals surface area contributed by atoms with E-state index in [9.17, 15) is 4.79 Å². The Balaban J connectivity index is 1.42. The zero-order valence-corrected chi connectivity index (χ0v) is 19.2. The van der Waals surface area contributed by atoms with Crippen LogP contribution in [0.25, 0.3) is 0 Å². The number of ether oxygens (including phenoxy) is 1. The van der Waals surface area contributed by atoms with E-state index in [2.05, 4.69) is 38.8 Å². The summed E-state index contributed by atoms with van der Waals surface area (Å²) in [6.45, 7) is 17.1. The summed E-state index contributed by atoms with van der Waals surface area (Å²) in [5.74, 6) is 1.86. The minimum atomic E-state index is 0.306. The van der Waals surface area contributed by atoms with Gasteiger partial charge in [0.25, 0.3) is 0 Å². The first-order valence-electron chi connectivity index (χ1n) is 12.0. The van der Waals surface area contributed by atoms with Crippen molar-refractivity contribution in [1.29, 1.82) is 0 Å². The molecule has 3 rings (SSSR count). The number of nitrogens with zero attached hydrogens (tertiary/aromatic N) is 5. The van der Waals surface area contributed by atoms with Gasteiger partial charge in [-0.2, -0.15) is 0 Å². The number of amides is 1. The number of carbonyl (C=O) groups is 1. The average Bonchev–Trinajstić information content (AvgIpc) is 2.78. The Kier molecular flexibility index (Phi) is 9.68. The van der Waals surface area contributed by atoms with Gasteiger partial charge in [0, 0.05) is 72.0 Å². The first-order valence-corrected chi connectivity index (χ1v) is 12.0. The summed E-state index contributed by atoms with van der Waals surface area (Å²) >= 11 is 0. The summed E-state index contributed by atoms with van der Waals surface area (Å²) in [6.07, 6.45) is 3.58. The Morgan fingerprint density at radius 1 is 0.933 bits per heavy atom. The maximum absolute atomic E-state index is 12.5. The van der Waals surface area contributed by atoms with Crippen LogP contribution in [0.3, 0.4) is 0 Å². The molecule has 3 heterocycles. The number of piperidine rings is 1. The van der Waals surface area contributed by atoms with Crippen LogP contribution in [0.2, 0.25) is 0 Å². The molecule has 30 heavy (non-hydrogen) atoms. The summed E-state index contributed by atoms with van der Waals surface area (Å²) < 4.78 is 5.44. The van der Waals surface area contributed by atoms with Crippen LogP contribution in [-0.2, 0) is 9.53 Å². The lowest BCUT2D eigenvalue weighted by molar-refractivity contribution is -0.133. The molecule has 0 aromatic rings. The van der Waals surface area contributed by atoms with Gasteiger partial charge in [-0.15, -0.1) is 0 Å². The molecule has 3 fully saturated rings. The molecule has 0 aromatic carbocycles. The largest absolute Gasteiger partial charge is 0.379 e. The zero-order valence-electron chi connectivity index (χ0n) is 19.2. The molecule has 1 amide bonds. The standard InChI is InChI=1S/C22H42N6O2/c1-3-23-22(24-17-20(2)18-26-13-15-30-16-14-26)28-11-9-25(10-12-28)19-21(29)27-7-5-4-6-8-27/h20H,3-19H2,1-2H3,(H,23,24). The normalized spacial score (nSPS) is 23.5. The highest BCUT2D eigenvalue weighted by molar-refractivity contribution is 5.80. The van der Waals surface area contributed by atoms with Gasteiger partial charge in [-0.05, 0) is 32.1 Å². The quantitative estimate of drug-likeness (QED) is 0.478. The number of rotatable bonds is 7. The van der Waals surface area contributed by atoms with Crippen LogP contribution in [0.5, 0.6) is 0 Å². The van der Waals surface area contributed by atoms with Gasteiger partial charge in [-0.25, -0.2) is 0 Å². The van der Waals surface area contributed by atoms with Crippen molar-refractivity contribution in [1.82, 2.24) is 24.9 Å². The molecule has 1 atom stereocenters. The van der Waals surface area contributed by atoms with Crippen molar-refractivity contribution >= 4 is 11.9 Å². The molecule has 3 saturated heterocycles. The molecule has 1 unspecified atom stereocenters. The maximum Gasteiger partial charge on any atom is 0.236 e. The topological polar surface area (TPSA) is 63.7 Å². The number of morpholine rings is 1. The van der Waals surface area contributed by atoms with Gasteiger partial charge in [-0.3, -0.25) is 19.6 Å². The van der Waals surface area contributed by atoms with Crippen molar-refractivity contribution in [2.75, 3.05) is 91.8 Å². The highest BCUT2D eigenvalue weighted by Gasteiger charge is 2.24. The van der Waals surface area contributed by atoms with E-state index >= 15 is 0 Å². The Hall–Kier alpha value is -1.38. The Bertz CT molecular complexity index is 538. The number of likely N-dealkylation sites (tertiary alicyclic amines) is 1. The van der Waals surface area contributed by atoms with Gasteiger partial charge in [0.2, 0.25) is 5.91 Å². The van der Waals surface area contributed by atoms with Crippen molar-refractivity contribution in [3.05, 3.63) is 0 Å². The molecule has 0 aromatic heterocycles. The highest BCUT2D eigenvalue weighted by Crippen LogP contribution is 2.11. The predicted molar refractivity (Wildman–Crippen MR) is 121 cm³/mol. The molecule has 0 aliphatic carbocycles. The number of carbonyl (C=O) groups excluding carboxylic acids is 1. The predicted octanol–water partition coefficient (Wildman–Crippen LogP) is 0.550. The number of hydrogen-bond acceptors (Lipinski definition) is 5. The molecule has 0 saturated carbocycles. The van der Waals surface area contributed by atoms with Crippen LogP contribution in [0, 0.1) is 5.92 Å². The first-order chi connectivity index (χ1) is 14.7. The smallest absolute Gasteiger partial charge is 0.236 e. The van der Waals surface area contributed by atoms with Crippen LogP contribution < -0.4 is 5.32 Å². The number of hydrogen-bond donors (Lipinski definition) is 1. The Labute approximate surface area is 182 Å². The molecule has 0 spiro atoms. The fourth-order valence-corrected chi connectivity index (χ4v) is 4.50. The lowest BCUT2D eigenvalue weighted by atomic mass is 10.1. The van der Waals surface area contributed by atoms with Crippen LogP contribution in [0.4, 0.5) is 0 Å². The van der Waals surface area contributed by atoms with E-state index in [4.69, 9.17) is 9.73 Å². The van der Waals surface area contributed by atoms with E-state index in [0.29, 0.717) is 18.4 Å². The van der Waals surface area contributed by atoms with Crippen LogP contribution in [0.1, 0.15) is 33.1 Å². The van der Waals surface area contributed by atoms with Gasteiger partial charge in [0.15, 0.2) is 5.96 Å². The second kappa shape index (κ2) is 12.5. The monoisotopic (exact) mass is 422 g/mol. The van der Waals surface area contributed by atoms with Crippen molar-refractivity contribution in [3.8, 4) is 0 Å². The van der Waals surface area contributed by atoms with Crippen molar-refractivity contribution in [2.24, 2.45) is 10.9 Å². The summed E-state index contributed by atoms with van der Waals surface area (Å²) in [5, 5.41) is 3.47. The molecule has 0 radical (unpaired) electrons. The second-order valence-electron chi connectivity index (χ2n) is 8.92. The fraction of sp³-hybridized carbons (Fsp3) is 0.909. The zero-order chi connectivity index (χ0) is 21.2. The molecular weight excluding hydrogens is 380 g/mol. The minimum Gasteiger partial charge on any atom is -0.379 e. The number of nitrogens with one attached hydrogen (secondary N) is 1. The van der Waals surface area contributed by atoms with E-state index in [1.54, 1.807) is 0 Å². The van der Waals surface area contributed by atoms with Gasteiger partial charge in [0.1, 0.15) is 0 Å². The summed E-state index contributed by atoms with van der Waals surface area (Å²) in [4.78, 5) is 26.7. The first kappa shape index (κ1) is 23.3. The SMILES string of the molecule is CCNC(=NCC(C)CN1CCOCC1)N1CCN(CC(=O)N2CCCCC2)CC1. The van der Waals surface area contributed by atoms with Gasteiger partial charge in [0.05, 0.1) is 19.8 Å². The molecular formula is C22H42N6O2. The molecule has 8 heteroatoms. The van der Waals surface area contributed by atoms with Crippen molar-refractivity contribution in [3.63, 3.8) is 0 Å². The van der Waals surface area contributed by atoms with Crippen LogP contribution >= 0.6 is 0 Å². The van der Waals surface area contributed by atoms with E-state index in [-0.39, 0.29) is 0 Å². The minimum absolute atomic E-state index is 0.306. The number of piperazine rings is 1. The third-order valence-corrected chi connectivity index (χ3v) is 6.30. The van der Waals surface area contributed by atoms with E-state index < -0.39 is 0 Å². The van der Waals surface area contributed by atoms with E-state index in [0.717, 1.165) is 104 Å². The van der Waals surface area contributed by atoms with Crippen molar-refractivity contribution in [2.45, 2.75) is 33.1 Å². The lowest BCUT2D eigenvalue weighted by Gasteiger charge is -2.37. The molecule has 172 valence electrons. The molecule has 3 aliphatic heterocycles. The van der Waals surface area contributed by atoms with E-state index in [1.165, 1.54) is 6.42 Å². The van der Waals surface area contributed by atoms with Gasteiger partial charge in [-0.1, -0.05) is 6.92 Å². The lowest BCUT2D eigenvalue weighted by Crippen LogP contribution is -2.54. The molecule has 3 aliphatic rings. The van der Waals surface area contributed by atoms with Gasteiger partial charge >= 0.3 is 0 Å². The molecule has 1 N–H and O–H groups in total. The third kappa shape index (κ3) is 7.39. The average molecular weight is 423 g/mol. The van der Waals surface area contributed by atoms with Crippen molar-refractivity contribution < 1.29 is 9.53 Å². The summed E-state index contributed by atoms with van der Waals surface area (Å²) in [7, 11) is 0. The molecule has 0 bridgehead atoms. The highest BCUT2D eigenvalue weighted by atomic mass is 16.5. The number of guanidine groups is 1. The third-order valence-electron chi connectivity index (χ3n) is 6.30. The Morgan fingerprint density at radius 3 is 2.30 bits per heavy atom. The van der Waals surface area contributed by atoms with Crippen LogP contribution in [-0.4, -0.2) is 123 Å². The maximum atomic E-state index is 12.5. The second-order valence-corrected chi connectivity index (χ2v) is 8.92. The van der Waals surface area contributed by atoms with Crippen LogP contribution in [0.15, 0.2) is 4.99 Å². The number of aliphatic imine (C=N–C) groups is 1. The van der Waals surface area contributed by atoms with Gasteiger partial charge < -0.3 is 19.9 Å². The van der Waals surface area contributed by atoms with E-state index in [1.807, 2.05) is 0 Å². The summed E-state index contributed by atoms with van der Waals surface area (Å²) in [5.41, 5.74) is 0.